The van der Waals surface area contributed by atoms with Crippen molar-refractivity contribution in [2.45, 2.75) is 102 Å². The van der Waals surface area contributed by atoms with E-state index >= 15 is 0 Å². The van der Waals surface area contributed by atoms with Crippen LogP contribution in [0.1, 0.15) is 75.2 Å². The van der Waals surface area contributed by atoms with E-state index in [0.717, 1.165) is 21.2 Å². The zero-order chi connectivity index (χ0) is 50.4. The normalized spacial score (nSPS) is 13.1. The fourth-order valence-electron chi connectivity index (χ4n) is 5.91. The molecular formula is C43H52Cl2N10O11S2. The number of amides is 3. The van der Waals surface area contributed by atoms with Gasteiger partial charge in [-0.2, -0.15) is 24.9 Å². The minimum atomic E-state index is -4.20. The van der Waals surface area contributed by atoms with Gasteiger partial charge in [-0.3, -0.25) is 0 Å². The molecule has 3 amide bonds. The molecule has 0 aliphatic carbocycles. The molecule has 5 heterocycles. The average Bonchev–Trinajstić information content (AvgIpc) is 4.04. The van der Waals surface area contributed by atoms with E-state index in [1.807, 2.05) is 0 Å². The van der Waals surface area contributed by atoms with Gasteiger partial charge < -0.3 is 24.4 Å². The van der Waals surface area contributed by atoms with E-state index < -0.39 is 66.2 Å². The Balaban J connectivity index is 0.000000271. The van der Waals surface area contributed by atoms with Gasteiger partial charge in [0.15, 0.2) is 22.9 Å². The summed E-state index contributed by atoms with van der Waals surface area (Å²) in [7, 11) is -7.96. The number of aromatic nitrogens is 6. The molecule has 25 heteroatoms. The molecule has 68 heavy (non-hydrogen) atoms. The lowest BCUT2D eigenvalue weighted by atomic mass is 10.2. The number of nitrogen functional groups attached to an aromatic ring is 1. The topological polar surface area (TPSA) is 262 Å². The van der Waals surface area contributed by atoms with Gasteiger partial charge in [0, 0.05) is 25.6 Å². The molecule has 6 aromatic rings. The molecule has 4 aromatic heterocycles. The summed E-state index contributed by atoms with van der Waals surface area (Å²) in [5, 5.41) is 0.568. The number of carbonyl (C=O) groups excluding carboxylic acids is 3. The number of hydrogen-bond donors (Lipinski definition) is 2. The van der Waals surface area contributed by atoms with Crippen molar-refractivity contribution in [3.05, 3.63) is 95.8 Å². The first kappa shape index (κ1) is 52.9. The number of halogens is 2. The van der Waals surface area contributed by atoms with Crippen LogP contribution in [0.25, 0.3) is 22.1 Å². The molecule has 0 radical (unpaired) electrons. The summed E-state index contributed by atoms with van der Waals surface area (Å²) in [5.74, 6) is 5.17. The molecule has 3 N–H and O–H groups in total. The first-order valence-electron chi connectivity index (χ1n) is 20.7. The number of ether oxygens (including phenoxy) is 4. The van der Waals surface area contributed by atoms with Gasteiger partial charge in [0.25, 0.3) is 20.0 Å². The smallest absolute Gasteiger partial charge is 0.440 e. The number of imide groups is 1. The largest absolute Gasteiger partial charge is 0.442 e. The molecule has 7 rings (SSSR count). The van der Waals surface area contributed by atoms with Gasteiger partial charge >= 0.3 is 18.3 Å². The first-order chi connectivity index (χ1) is 31.6. The van der Waals surface area contributed by atoms with Crippen molar-refractivity contribution >= 4 is 95.2 Å². The zero-order valence-corrected chi connectivity index (χ0v) is 41.8. The predicted molar refractivity (Wildman–Crippen MR) is 254 cm³/mol. The molecule has 0 unspecified atom stereocenters. The Bertz CT molecular complexity index is 2950. The van der Waals surface area contributed by atoms with Crippen LogP contribution >= 0.6 is 23.2 Å². The zero-order valence-electron chi connectivity index (χ0n) is 38.6. The molecular weight excluding hydrogens is 968 g/mol. The average molecular weight is 1020 g/mol. The number of benzene rings is 2. The highest BCUT2D eigenvalue weighted by Crippen LogP contribution is 2.33. The van der Waals surface area contributed by atoms with Crippen molar-refractivity contribution in [2.24, 2.45) is 5.84 Å². The molecule has 2 aromatic carbocycles. The molecule has 1 aliphatic rings. The van der Waals surface area contributed by atoms with E-state index in [-0.39, 0.29) is 42.6 Å². The van der Waals surface area contributed by atoms with Gasteiger partial charge in [-0.15, -0.1) is 5.01 Å². The maximum absolute atomic E-state index is 13.7. The van der Waals surface area contributed by atoms with Crippen LogP contribution in [-0.4, -0.2) is 98.0 Å². The Morgan fingerprint density at radius 3 is 1.41 bits per heavy atom. The third-order valence-electron chi connectivity index (χ3n) is 8.61. The van der Waals surface area contributed by atoms with E-state index in [1.54, 1.807) is 105 Å². The van der Waals surface area contributed by atoms with Crippen molar-refractivity contribution in [3.63, 3.8) is 0 Å². The fourth-order valence-corrected chi connectivity index (χ4v) is 8.87. The monoisotopic (exact) mass is 1020 g/mol. The Morgan fingerprint density at radius 1 is 0.618 bits per heavy atom. The second-order valence-electron chi connectivity index (χ2n) is 17.5. The molecule has 1 fully saturated rings. The highest BCUT2D eigenvalue weighted by Gasteiger charge is 2.43. The highest BCUT2D eigenvalue weighted by molar-refractivity contribution is 7.90. The van der Waals surface area contributed by atoms with Crippen LogP contribution in [-0.2, 0) is 39.0 Å². The van der Waals surface area contributed by atoms with Gasteiger partial charge in [-0.05, 0) is 135 Å². The first-order valence-corrected chi connectivity index (χ1v) is 24.3. The third-order valence-corrected chi connectivity index (χ3v) is 12.3. The van der Waals surface area contributed by atoms with Crippen LogP contribution < -0.4 is 16.3 Å². The van der Waals surface area contributed by atoms with Crippen LogP contribution in [0.2, 0.25) is 10.6 Å². The van der Waals surface area contributed by atoms with E-state index in [0.29, 0.717) is 10.4 Å². The minimum Gasteiger partial charge on any atom is -0.442 e. The van der Waals surface area contributed by atoms with Gasteiger partial charge in [0.05, 0.1) is 20.6 Å². The number of nitrogens with zero attached hydrogens (tertiary/aromatic N) is 8. The Labute approximate surface area is 403 Å². The van der Waals surface area contributed by atoms with Crippen LogP contribution in [0.3, 0.4) is 0 Å². The second-order valence-corrected chi connectivity index (χ2v) is 21.8. The lowest BCUT2D eigenvalue weighted by Gasteiger charge is -2.35. The maximum atomic E-state index is 13.7. The molecule has 366 valence electrons. The quantitative estimate of drug-likeness (QED) is 0.0685. The molecule has 21 nitrogen and oxygen atoms in total. The van der Waals surface area contributed by atoms with Gasteiger partial charge in [-0.1, -0.05) is 36.4 Å². The summed E-state index contributed by atoms with van der Waals surface area (Å²) >= 11 is 12.0. The Hall–Kier alpha value is -6.11. The number of nitrogens with one attached hydrogen (secondary N) is 1. The van der Waals surface area contributed by atoms with Crippen molar-refractivity contribution < 1.29 is 50.2 Å². The Kier molecular flexibility index (Phi) is 16.4. The summed E-state index contributed by atoms with van der Waals surface area (Å²) in [6.07, 6.45) is 1.27. The van der Waals surface area contributed by atoms with E-state index in [1.165, 1.54) is 55.6 Å². The van der Waals surface area contributed by atoms with Crippen molar-refractivity contribution in [1.29, 1.82) is 0 Å². The number of anilines is 2. The summed E-state index contributed by atoms with van der Waals surface area (Å²) in [6, 6.07) is 18.4. The van der Waals surface area contributed by atoms with Crippen LogP contribution in [0.15, 0.2) is 95.0 Å². The molecule has 0 atom stereocenters. The van der Waals surface area contributed by atoms with Crippen LogP contribution in [0.4, 0.5) is 26.0 Å². The van der Waals surface area contributed by atoms with Gasteiger partial charge in [0.1, 0.15) is 16.8 Å². The van der Waals surface area contributed by atoms with E-state index in [2.05, 4.69) is 25.4 Å². The van der Waals surface area contributed by atoms with Gasteiger partial charge in [-0.25, -0.2) is 45.0 Å². The maximum Gasteiger partial charge on any atom is 0.440 e. The summed E-state index contributed by atoms with van der Waals surface area (Å²) < 4.78 is 75.5. The third kappa shape index (κ3) is 13.1. The van der Waals surface area contributed by atoms with E-state index in [9.17, 15) is 31.2 Å². The van der Waals surface area contributed by atoms with Crippen molar-refractivity contribution in [1.82, 2.24) is 32.9 Å². The lowest BCUT2D eigenvalue weighted by Crippen LogP contribution is -2.57. The number of fused-ring (bicyclic) bond motifs is 2. The minimum absolute atomic E-state index is 0.0491. The standard InChI is InChI=1S/C27H34ClN5O8S.C12H10ClN5O2S.C4H8O/c1-25(2,3)39-22(34)32(33(23(35)40-26(4,5)6)24(36)41-27(7,8)9)20-18-15-16-31(19(18)29-21(28)30-20)42(37,38)17-13-11-10-12-14-17;13-12-15-10(17-14)9-6-7-18(11(9)16-12)21(19,20)8-4-2-1-3-5-8;1-2-4-5-3-1/h10-16H,1-9H3;1-7H,14H2,(H,15,16,17);1-4H2. The summed E-state index contributed by atoms with van der Waals surface area (Å²) in [4.78, 5) is 56.9. The molecule has 0 spiro atoms. The highest BCUT2D eigenvalue weighted by atomic mass is 35.5. The van der Waals surface area contributed by atoms with E-state index in [4.69, 9.17) is 48.0 Å². The lowest BCUT2D eigenvalue weighted by molar-refractivity contribution is -0.00682. The molecule has 1 aliphatic heterocycles. The summed E-state index contributed by atoms with van der Waals surface area (Å²) in [5.41, 5.74) is -1.04. The number of nitrogens with two attached hydrogens (primary N) is 1. The summed E-state index contributed by atoms with van der Waals surface area (Å²) in [6.45, 7) is 16.1. The fraction of sp³-hybridized carbons (Fsp3) is 0.372. The molecule has 0 bridgehead atoms. The Morgan fingerprint density at radius 2 is 1.01 bits per heavy atom. The van der Waals surface area contributed by atoms with Crippen molar-refractivity contribution in [3.8, 4) is 0 Å². The van der Waals surface area contributed by atoms with Crippen LogP contribution in [0, 0.1) is 0 Å². The van der Waals surface area contributed by atoms with Crippen molar-refractivity contribution in [2.75, 3.05) is 23.6 Å². The number of hydrazine groups is 2. The van der Waals surface area contributed by atoms with Crippen LogP contribution in [0.5, 0.6) is 0 Å². The number of rotatable bonds is 6. The SMILES string of the molecule is C1CCOC1.CC(C)(C)OC(=O)N(C(=O)OC(C)(C)C)N(C(=O)OC(C)(C)C)c1nc(Cl)nc2c1ccn2S(=O)(=O)c1ccccc1.NNc1nc(Cl)nc2c1ccn2S(=O)(=O)c1ccccc1. The predicted octanol–water partition coefficient (Wildman–Crippen LogP) is 8.55. The molecule has 0 saturated carbocycles. The number of hydrogen-bond acceptors (Lipinski definition) is 17. The molecule has 1 saturated heterocycles. The second kappa shape index (κ2) is 21.0. The van der Waals surface area contributed by atoms with Gasteiger partial charge in [0.2, 0.25) is 10.6 Å². The number of carbonyl (C=O) groups is 3.